The molecule has 5 nitrogen and oxygen atoms in total. The lowest BCUT2D eigenvalue weighted by Crippen LogP contribution is -2.18. The highest BCUT2D eigenvalue weighted by Crippen LogP contribution is 2.33. The summed E-state index contributed by atoms with van der Waals surface area (Å²) in [5.74, 6) is 2.29. The Morgan fingerprint density at radius 1 is 0.952 bits per heavy atom. The van der Waals surface area contributed by atoms with Gasteiger partial charge in [0, 0.05) is 11.8 Å². The summed E-state index contributed by atoms with van der Waals surface area (Å²) in [5, 5.41) is 3.28. The number of nitrogens with one attached hydrogen (secondary N) is 1. The zero-order chi connectivity index (χ0) is 15.2. The maximum absolute atomic E-state index is 5.46. The Bertz CT molecular complexity index is 602. The number of hydrogen-bond acceptors (Lipinski definition) is 5. The molecule has 0 bridgehead atoms. The Kier molecular flexibility index (Phi) is 5.00. The highest BCUT2D eigenvalue weighted by molar-refractivity contribution is 5.46. The van der Waals surface area contributed by atoms with E-state index in [0.29, 0.717) is 0 Å². The van der Waals surface area contributed by atoms with Crippen molar-refractivity contribution in [3.05, 3.63) is 47.8 Å². The van der Waals surface area contributed by atoms with Crippen molar-refractivity contribution in [1.82, 2.24) is 10.3 Å². The number of benzene rings is 1. The fraction of sp³-hybridized carbons (Fsp3) is 0.312. The second kappa shape index (κ2) is 6.95. The quantitative estimate of drug-likeness (QED) is 0.884. The molecule has 0 aliphatic rings. The summed E-state index contributed by atoms with van der Waals surface area (Å²) < 4.78 is 16.0. The van der Waals surface area contributed by atoms with Gasteiger partial charge in [0.1, 0.15) is 17.2 Å². The number of pyridine rings is 1. The Labute approximate surface area is 124 Å². The Morgan fingerprint density at radius 2 is 1.71 bits per heavy atom. The molecular formula is C16H20N2O3. The van der Waals surface area contributed by atoms with Crippen LogP contribution in [0.4, 0.5) is 0 Å². The molecule has 0 amide bonds. The minimum atomic E-state index is -0.0716. The highest BCUT2D eigenvalue weighted by atomic mass is 16.5. The highest BCUT2D eigenvalue weighted by Gasteiger charge is 2.18. The van der Waals surface area contributed by atoms with Gasteiger partial charge in [-0.3, -0.25) is 4.98 Å². The maximum Gasteiger partial charge on any atom is 0.137 e. The van der Waals surface area contributed by atoms with Crippen LogP contribution in [0.2, 0.25) is 0 Å². The third-order valence-corrected chi connectivity index (χ3v) is 3.34. The maximum atomic E-state index is 5.46. The van der Waals surface area contributed by atoms with Crippen molar-refractivity contribution < 1.29 is 14.2 Å². The zero-order valence-electron chi connectivity index (χ0n) is 12.7. The molecule has 1 unspecified atom stereocenters. The van der Waals surface area contributed by atoms with Gasteiger partial charge in [-0.15, -0.1) is 0 Å². The van der Waals surface area contributed by atoms with Crippen LogP contribution in [-0.4, -0.2) is 33.4 Å². The zero-order valence-corrected chi connectivity index (χ0v) is 12.7. The summed E-state index contributed by atoms with van der Waals surface area (Å²) in [4.78, 5) is 4.21. The molecule has 2 aromatic rings. The van der Waals surface area contributed by atoms with Crippen LogP contribution in [0.25, 0.3) is 0 Å². The lowest BCUT2D eigenvalue weighted by molar-refractivity contribution is 0.394. The number of rotatable bonds is 6. The van der Waals surface area contributed by atoms with Gasteiger partial charge in [-0.1, -0.05) is 0 Å². The van der Waals surface area contributed by atoms with Gasteiger partial charge < -0.3 is 19.5 Å². The second-order valence-electron chi connectivity index (χ2n) is 4.49. The van der Waals surface area contributed by atoms with E-state index >= 15 is 0 Å². The molecule has 0 saturated carbocycles. The van der Waals surface area contributed by atoms with Gasteiger partial charge in [-0.25, -0.2) is 0 Å². The molecule has 0 fully saturated rings. The van der Waals surface area contributed by atoms with Gasteiger partial charge in [-0.2, -0.15) is 0 Å². The van der Waals surface area contributed by atoms with Crippen LogP contribution in [-0.2, 0) is 0 Å². The number of aromatic nitrogens is 1. The molecule has 0 spiro atoms. The van der Waals surface area contributed by atoms with E-state index < -0.39 is 0 Å². The molecule has 0 aliphatic carbocycles. The monoisotopic (exact) mass is 288 g/mol. The smallest absolute Gasteiger partial charge is 0.137 e. The molecule has 0 aliphatic heterocycles. The number of methoxy groups -OCH3 is 3. The Hall–Kier alpha value is -2.27. The Morgan fingerprint density at radius 3 is 2.33 bits per heavy atom. The third-order valence-electron chi connectivity index (χ3n) is 3.34. The van der Waals surface area contributed by atoms with Crippen LogP contribution in [0.3, 0.4) is 0 Å². The summed E-state index contributed by atoms with van der Waals surface area (Å²) in [6, 6.07) is 7.61. The molecule has 5 heteroatoms. The van der Waals surface area contributed by atoms with E-state index in [4.69, 9.17) is 14.2 Å². The van der Waals surface area contributed by atoms with Gasteiger partial charge in [0.25, 0.3) is 0 Å². The largest absolute Gasteiger partial charge is 0.497 e. The van der Waals surface area contributed by atoms with Crippen LogP contribution < -0.4 is 19.5 Å². The van der Waals surface area contributed by atoms with Gasteiger partial charge in [-0.05, 0) is 36.9 Å². The van der Waals surface area contributed by atoms with E-state index in [2.05, 4.69) is 10.3 Å². The first-order valence-corrected chi connectivity index (χ1v) is 6.61. The minimum absolute atomic E-state index is 0.0716. The molecule has 21 heavy (non-hydrogen) atoms. The van der Waals surface area contributed by atoms with Crippen LogP contribution in [0, 0.1) is 0 Å². The van der Waals surface area contributed by atoms with Crippen molar-refractivity contribution in [2.75, 3.05) is 28.4 Å². The van der Waals surface area contributed by atoms with Gasteiger partial charge in [0.05, 0.1) is 33.6 Å². The lowest BCUT2D eigenvalue weighted by atomic mass is 9.99. The van der Waals surface area contributed by atoms with Crippen LogP contribution in [0.1, 0.15) is 17.2 Å². The van der Waals surface area contributed by atoms with Crippen molar-refractivity contribution in [1.29, 1.82) is 0 Å². The van der Waals surface area contributed by atoms with Gasteiger partial charge in [0.15, 0.2) is 0 Å². The van der Waals surface area contributed by atoms with E-state index in [9.17, 15) is 0 Å². The minimum Gasteiger partial charge on any atom is -0.497 e. The summed E-state index contributed by atoms with van der Waals surface area (Å²) in [6.07, 6.45) is 3.49. The molecule has 2 rings (SSSR count). The molecule has 1 N–H and O–H groups in total. The fourth-order valence-corrected chi connectivity index (χ4v) is 2.27. The third kappa shape index (κ3) is 3.25. The van der Waals surface area contributed by atoms with Crippen molar-refractivity contribution >= 4 is 0 Å². The van der Waals surface area contributed by atoms with E-state index in [1.807, 2.05) is 37.5 Å². The van der Waals surface area contributed by atoms with Crippen LogP contribution in [0.5, 0.6) is 17.2 Å². The van der Waals surface area contributed by atoms with Crippen molar-refractivity contribution in [2.45, 2.75) is 6.04 Å². The predicted octanol–water partition coefficient (Wildman–Crippen LogP) is 2.42. The van der Waals surface area contributed by atoms with E-state index in [1.165, 1.54) is 0 Å². The van der Waals surface area contributed by atoms with Gasteiger partial charge >= 0.3 is 0 Å². The molecule has 0 radical (unpaired) electrons. The van der Waals surface area contributed by atoms with Gasteiger partial charge in [0.2, 0.25) is 0 Å². The predicted molar refractivity (Wildman–Crippen MR) is 81.2 cm³/mol. The van der Waals surface area contributed by atoms with E-state index in [0.717, 1.165) is 28.4 Å². The Balaban J connectivity index is 2.49. The molecule has 0 saturated heterocycles. The molecule has 1 heterocycles. The SMILES string of the molecule is CNC(c1cncc(OC)c1)c1cc(OC)ccc1OC. The first-order chi connectivity index (χ1) is 10.2. The first-order valence-electron chi connectivity index (χ1n) is 6.61. The number of nitrogens with zero attached hydrogens (tertiary/aromatic N) is 1. The lowest BCUT2D eigenvalue weighted by Gasteiger charge is -2.20. The van der Waals surface area contributed by atoms with Crippen molar-refractivity contribution in [3.63, 3.8) is 0 Å². The summed E-state index contributed by atoms with van der Waals surface area (Å²) in [7, 11) is 6.82. The first kappa shape index (κ1) is 15.1. The fourth-order valence-electron chi connectivity index (χ4n) is 2.27. The van der Waals surface area contributed by atoms with Crippen LogP contribution in [0.15, 0.2) is 36.7 Å². The van der Waals surface area contributed by atoms with E-state index in [-0.39, 0.29) is 6.04 Å². The summed E-state index contributed by atoms with van der Waals surface area (Å²) in [6.45, 7) is 0. The molecule has 1 aromatic carbocycles. The molecule has 112 valence electrons. The molecule has 1 aromatic heterocycles. The van der Waals surface area contributed by atoms with Crippen molar-refractivity contribution in [2.24, 2.45) is 0 Å². The normalized spacial score (nSPS) is 11.8. The average molecular weight is 288 g/mol. The average Bonchev–Trinajstić information content (AvgIpc) is 2.55. The standard InChI is InChI=1S/C16H20N2O3/c1-17-16(11-7-13(20-3)10-18-9-11)14-8-12(19-2)5-6-15(14)21-4/h5-10,16-17H,1-4H3. The number of hydrogen-bond donors (Lipinski definition) is 1. The second-order valence-corrected chi connectivity index (χ2v) is 4.49. The summed E-state index contributed by atoms with van der Waals surface area (Å²) >= 11 is 0. The molecular weight excluding hydrogens is 268 g/mol. The number of ether oxygens (including phenoxy) is 3. The van der Waals surface area contributed by atoms with Crippen LogP contribution >= 0.6 is 0 Å². The summed E-state index contributed by atoms with van der Waals surface area (Å²) in [5.41, 5.74) is 1.97. The molecule has 1 atom stereocenters. The van der Waals surface area contributed by atoms with E-state index in [1.54, 1.807) is 27.5 Å². The topological polar surface area (TPSA) is 52.6 Å². The van der Waals surface area contributed by atoms with Crippen molar-refractivity contribution in [3.8, 4) is 17.2 Å².